The number of aromatic nitrogens is 4. The lowest BCUT2D eigenvalue weighted by Crippen LogP contribution is -2.35. The first-order chi connectivity index (χ1) is 17.5. The number of ether oxygens (including phenoxy) is 2. The van der Waals surface area contributed by atoms with Gasteiger partial charge in [0.25, 0.3) is 0 Å². The van der Waals surface area contributed by atoms with Crippen LogP contribution in [0.1, 0.15) is 25.6 Å². The Balaban J connectivity index is 1.35. The van der Waals surface area contributed by atoms with Crippen molar-refractivity contribution in [2.75, 3.05) is 19.5 Å². The lowest BCUT2D eigenvalue weighted by molar-refractivity contribution is -0.0601. The van der Waals surface area contributed by atoms with E-state index in [0.29, 0.717) is 17.2 Å². The van der Waals surface area contributed by atoms with Crippen LogP contribution in [-0.4, -0.2) is 62.3 Å². The van der Waals surface area contributed by atoms with Gasteiger partial charge >= 0.3 is 7.82 Å². The van der Waals surface area contributed by atoms with E-state index in [2.05, 4.69) is 15.0 Å². The Labute approximate surface area is 209 Å². The van der Waals surface area contributed by atoms with Crippen molar-refractivity contribution in [2.45, 2.75) is 44.0 Å². The largest absolute Gasteiger partial charge is 0.531 e. The second-order valence-electron chi connectivity index (χ2n) is 9.03. The molecule has 2 aliphatic heterocycles. The number of imidazole rings is 1. The molecule has 4 heterocycles. The molecule has 1 saturated heterocycles. The van der Waals surface area contributed by atoms with Gasteiger partial charge in [0.1, 0.15) is 47.5 Å². The van der Waals surface area contributed by atoms with E-state index < -0.39 is 56.2 Å². The number of hydrogen-bond acceptors (Lipinski definition) is 11. The second-order valence-corrected chi connectivity index (χ2v) is 10.6. The van der Waals surface area contributed by atoms with Gasteiger partial charge in [0.15, 0.2) is 17.7 Å². The standard InChI is InChI=1S/C22H24F2N5O7P/c1-22(2)7-14(11-4-12(23)6-13(24)5-11)35-37(31,36-22)33-8-15-17(30)18(32-3)21(34-15)29-10-28-16-19(25)26-9-27-20(16)29/h4-7,9-10,15,17-18,21,30H,8H2,1-3H3,(H2,25,26,27)/t15-,17?,18?,21-,37?/m1/s1. The number of nitrogen functional groups attached to an aromatic ring is 1. The van der Waals surface area contributed by atoms with E-state index in [4.69, 9.17) is 28.8 Å². The Morgan fingerprint density at radius 1 is 1.22 bits per heavy atom. The molecule has 0 radical (unpaired) electrons. The molecular formula is C22H24F2N5O7P. The molecule has 0 aliphatic carbocycles. The van der Waals surface area contributed by atoms with Gasteiger partial charge in [-0.05, 0) is 32.1 Å². The van der Waals surface area contributed by atoms with Gasteiger partial charge in [0, 0.05) is 18.7 Å². The zero-order valence-corrected chi connectivity index (χ0v) is 20.8. The maximum absolute atomic E-state index is 13.8. The maximum Gasteiger partial charge on any atom is 0.531 e. The van der Waals surface area contributed by atoms with Crippen molar-refractivity contribution < 1.29 is 41.5 Å². The molecule has 2 aromatic heterocycles. The molecule has 0 bridgehead atoms. The summed E-state index contributed by atoms with van der Waals surface area (Å²) < 4.78 is 70.4. The average molecular weight is 539 g/mol. The van der Waals surface area contributed by atoms with Crippen LogP contribution in [0.3, 0.4) is 0 Å². The number of benzene rings is 1. The average Bonchev–Trinajstić information content (AvgIpc) is 3.37. The van der Waals surface area contributed by atoms with Crippen molar-refractivity contribution >= 4 is 30.6 Å². The van der Waals surface area contributed by atoms with Gasteiger partial charge in [-0.15, -0.1) is 0 Å². The number of fused-ring (bicyclic) bond motifs is 1. The number of halogens is 2. The quantitative estimate of drug-likeness (QED) is 0.445. The summed E-state index contributed by atoms with van der Waals surface area (Å²) in [5.41, 5.74) is 5.40. The minimum absolute atomic E-state index is 0.0163. The van der Waals surface area contributed by atoms with Gasteiger partial charge < -0.3 is 24.8 Å². The van der Waals surface area contributed by atoms with E-state index in [-0.39, 0.29) is 17.1 Å². The van der Waals surface area contributed by atoms with E-state index in [1.807, 2.05) is 0 Å². The fourth-order valence-electron chi connectivity index (χ4n) is 4.24. The molecule has 198 valence electrons. The maximum atomic E-state index is 13.8. The Bertz CT molecular complexity index is 1400. The van der Waals surface area contributed by atoms with Crippen LogP contribution in [0.4, 0.5) is 14.6 Å². The summed E-state index contributed by atoms with van der Waals surface area (Å²) in [7, 11) is -2.93. The number of phosphoric acid groups is 1. The molecule has 0 saturated carbocycles. The van der Waals surface area contributed by atoms with Crippen LogP contribution in [0, 0.1) is 11.6 Å². The molecule has 1 fully saturated rings. The van der Waals surface area contributed by atoms with Gasteiger partial charge in [0.05, 0.1) is 18.5 Å². The lowest BCUT2D eigenvalue weighted by Gasteiger charge is -2.33. The molecule has 0 amide bonds. The van der Waals surface area contributed by atoms with Crippen LogP contribution in [-0.2, 0) is 27.6 Å². The molecule has 15 heteroatoms. The molecule has 3 N–H and O–H groups in total. The van der Waals surface area contributed by atoms with Gasteiger partial charge in [-0.25, -0.2) is 28.3 Å². The van der Waals surface area contributed by atoms with Crippen LogP contribution in [0.15, 0.2) is 36.9 Å². The number of hydrogen-bond donors (Lipinski definition) is 2. The zero-order valence-electron chi connectivity index (χ0n) is 19.9. The number of methoxy groups -OCH3 is 1. The van der Waals surface area contributed by atoms with E-state index in [1.165, 1.54) is 30.4 Å². The highest BCUT2D eigenvalue weighted by molar-refractivity contribution is 7.49. The third-order valence-electron chi connectivity index (χ3n) is 5.83. The molecule has 3 unspecified atom stereocenters. The number of nitrogens with zero attached hydrogens (tertiary/aromatic N) is 4. The first-order valence-corrected chi connectivity index (χ1v) is 12.6. The van der Waals surface area contributed by atoms with Gasteiger partial charge in [-0.3, -0.25) is 13.6 Å². The smallest absolute Gasteiger partial charge is 0.404 e. The van der Waals surface area contributed by atoms with Crippen molar-refractivity contribution in [3.05, 3.63) is 54.1 Å². The molecule has 5 rings (SSSR count). The number of nitrogens with two attached hydrogens (primary N) is 1. The molecule has 5 atom stereocenters. The predicted molar refractivity (Wildman–Crippen MR) is 125 cm³/mol. The summed E-state index contributed by atoms with van der Waals surface area (Å²) in [5.74, 6) is -1.58. The first kappa shape index (κ1) is 25.6. The third kappa shape index (κ3) is 4.96. The Hall–Kier alpha value is -3.00. The molecule has 0 spiro atoms. The summed E-state index contributed by atoms with van der Waals surface area (Å²) in [6, 6.07) is 2.77. The van der Waals surface area contributed by atoms with Crippen LogP contribution in [0.25, 0.3) is 16.9 Å². The van der Waals surface area contributed by atoms with E-state index in [9.17, 15) is 18.5 Å². The van der Waals surface area contributed by atoms with Gasteiger partial charge in [0.2, 0.25) is 0 Å². The molecule has 3 aromatic rings. The van der Waals surface area contributed by atoms with Crippen molar-refractivity contribution in [1.82, 2.24) is 19.5 Å². The number of phosphoric ester groups is 1. The second kappa shape index (κ2) is 9.39. The fraction of sp³-hybridized carbons (Fsp3) is 0.409. The number of aliphatic hydroxyl groups excluding tert-OH is 1. The minimum atomic E-state index is -4.32. The van der Waals surface area contributed by atoms with Crippen molar-refractivity contribution in [3.8, 4) is 0 Å². The number of rotatable bonds is 6. The van der Waals surface area contributed by atoms with E-state index >= 15 is 0 Å². The topological polar surface area (TPSA) is 153 Å². The fourth-order valence-corrected chi connectivity index (χ4v) is 5.74. The van der Waals surface area contributed by atoms with Crippen molar-refractivity contribution in [3.63, 3.8) is 0 Å². The van der Waals surface area contributed by atoms with Crippen LogP contribution < -0.4 is 5.73 Å². The van der Waals surface area contributed by atoms with Crippen LogP contribution in [0.2, 0.25) is 0 Å². The summed E-state index contributed by atoms with van der Waals surface area (Å²) >= 11 is 0. The molecule has 1 aromatic carbocycles. The van der Waals surface area contributed by atoms with E-state index in [1.54, 1.807) is 13.8 Å². The Kier molecular flexibility index (Phi) is 6.51. The van der Waals surface area contributed by atoms with Gasteiger partial charge in [-0.1, -0.05) is 0 Å². The monoisotopic (exact) mass is 539 g/mol. The minimum Gasteiger partial charge on any atom is -0.404 e. The number of anilines is 1. The molecule has 12 nitrogen and oxygen atoms in total. The third-order valence-corrected chi connectivity index (χ3v) is 7.41. The normalized spacial score (nSPS) is 29.3. The van der Waals surface area contributed by atoms with Gasteiger partial charge in [-0.2, -0.15) is 0 Å². The summed E-state index contributed by atoms with van der Waals surface area (Å²) in [5, 5.41) is 10.9. The summed E-state index contributed by atoms with van der Waals surface area (Å²) in [6.45, 7) is 2.73. The molecule has 37 heavy (non-hydrogen) atoms. The highest BCUT2D eigenvalue weighted by atomic mass is 31.2. The molecular weight excluding hydrogens is 515 g/mol. The Morgan fingerprint density at radius 3 is 2.65 bits per heavy atom. The highest BCUT2D eigenvalue weighted by Crippen LogP contribution is 2.59. The summed E-state index contributed by atoms with van der Waals surface area (Å²) in [4.78, 5) is 12.3. The lowest BCUT2D eigenvalue weighted by atomic mass is 10.1. The highest BCUT2D eigenvalue weighted by Gasteiger charge is 2.48. The molecule has 2 aliphatic rings. The number of aliphatic hydroxyl groups is 1. The van der Waals surface area contributed by atoms with Crippen LogP contribution >= 0.6 is 7.82 Å². The van der Waals surface area contributed by atoms with Crippen molar-refractivity contribution in [2.24, 2.45) is 0 Å². The zero-order chi connectivity index (χ0) is 26.5. The van der Waals surface area contributed by atoms with E-state index in [0.717, 1.165) is 12.1 Å². The predicted octanol–water partition coefficient (Wildman–Crippen LogP) is 2.95. The SMILES string of the molecule is COC1C(O)[C@@H](COP2(=O)OC(c3cc(F)cc(F)c3)=CC(C)(C)O2)O[C@H]1n1cnc2c(N)ncnc21. The van der Waals surface area contributed by atoms with Crippen LogP contribution in [0.5, 0.6) is 0 Å². The Morgan fingerprint density at radius 2 is 1.95 bits per heavy atom. The summed E-state index contributed by atoms with van der Waals surface area (Å²) in [6.07, 6.45) is 0.107. The van der Waals surface area contributed by atoms with Crippen molar-refractivity contribution in [1.29, 1.82) is 0 Å². The first-order valence-electron chi connectivity index (χ1n) is 11.1.